The molecule has 1 N–H and O–H groups in total. The van der Waals surface area contributed by atoms with Crippen molar-refractivity contribution in [1.29, 1.82) is 0 Å². The van der Waals surface area contributed by atoms with Crippen LogP contribution in [-0.2, 0) is 14.8 Å². The van der Waals surface area contributed by atoms with Crippen molar-refractivity contribution in [3.05, 3.63) is 0 Å². The van der Waals surface area contributed by atoms with Gasteiger partial charge in [-0.1, -0.05) is 13.8 Å². The predicted molar refractivity (Wildman–Crippen MR) is 112 cm³/mol. The first-order chi connectivity index (χ1) is 11.6. The second kappa shape index (κ2) is 6.68. The van der Waals surface area contributed by atoms with Crippen LogP contribution in [0.3, 0.4) is 0 Å². The van der Waals surface area contributed by atoms with E-state index in [0.717, 1.165) is 25.7 Å². The number of hydrogen-bond donors (Lipinski definition) is 1. The van der Waals surface area contributed by atoms with Gasteiger partial charge < -0.3 is 5.32 Å². The zero-order valence-corrected chi connectivity index (χ0v) is 19.5. The number of sulfonamides is 1. The van der Waals surface area contributed by atoms with Crippen LogP contribution in [0.4, 0.5) is 0 Å². The van der Waals surface area contributed by atoms with Crippen molar-refractivity contribution in [2.45, 2.75) is 90.8 Å². The maximum absolute atomic E-state index is 13.4. The van der Waals surface area contributed by atoms with Crippen LogP contribution in [0.2, 0.25) is 0 Å². The third-order valence-electron chi connectivity index (χ3n) is 7.69. The first kappa shape index (κ1) is 23.1. The molecule has 158 valence electrons. The van der Waals surface area contributed by atoms with Crippen LogP contribution in [0.1, 0.15) is 73.6 Å². The fraction of sp³-hybridized carbons (Fsp3) is 0.950. The molecule has 3 rings (SSSR count). The Balaban J connectivity index is 0.00000261. The molecule has 1 heterocycles. The summed E-state index contributed by atoms with van der Waals surface area (Å²) in [6.45, 7) is 12.7. The van der Waals surface area contributed by atoms with Crippen LogP contribution in [0.25, 0.3) is 0 Å². The van der Waals surface area contributed by atoms with Crippen molar-refractivity contribution < 1.29 is 13.2 Å². The van der Waals surface area contributed by atoms with Crippen LogP contribution in [-0.4, -0.2) is 48.4 Å². The fourth-order valence-electron chi connectivity index (χ4n) is 6.27. The maximum Gasteiger partial charge on any atom is 0.215 e. The van der Waals surface area contributed by atoms with Crippen molar-refractivity contribution >= 4 is 28.2 Å². The molecule has 0 amide bonds. The van der Waals surface area contributed by atoms with Gasteiger partial charge in [0.2, 0.25) is 10.0 Å². The Kier molecular flexibility index (Phi) is 5.72. The number of hydrogen-bond acceptors (Lipinski definition) is 4. The summed E-state index contributed by atoms with van der Waals surface area (Å²) in [5, 5.41) is 3.61. The summed E-state index contributed by atoms with van der Waals surface area (Å²) in [6, 6.07) is -0.0422. The highest BCUT2D eigenvalue weighted by Gasteiger charge is 2.65. The number of rotatable bonds is 4. The van der Waals surface area contributed by atoms with Crippen molar-refractivity contribution in [2.24, 2.45) is 16.7 Å². The normalized spacial score (nSPS) is 34.7. The first-order valence-electron chi connectivity index (χ1n) is 9.90. The molecule has 0 radical (unpaired) electrons. The van der Waals surface area contributed by atoms with Crippen molar-refractivity contribution in [3.63, 3.8) is 0 Å². The second-order valence-corrected chi connectivity index (χ2v) is 12.9. The Morgan fingerprint density at radius 1 is 1.07 bits per heavy atom. The van der Waals surface area contributed by atoms with E-state index in [-0.39, 0.29) is 46.5 Å². The van der Waals surface area contributed by atoms with Gasteiger partial charge in [-0.05, 0) is 64.7 Å². The van der Waals surface area contributed by atoms with Gasteiger partial charge in [0, 0.05) is 36.0 Å². The molecule has 2 atom stereocenters. The predicted octanol–water partition coefficient (Wildman–Crippen LogP) is 3.37. The zero-order chi connectivity index (χ0) is 19.8. The molecular weight excluding hydrogens is 384 g/mol. The minimum atomic E-state index is -3.51. The number of piperidine rings is 1. The summed E-state index contributed by atoms with van der Waals surface area (Å²) in [7, 11) is -1.79. The molecular formula is C20H37ClN2O3S. The molecule has 7 heteroatoms. The lowest BCUT2D eigenvalue weighted by Gasteiger charge is -2.49. The van der Waals surface area contributed by atoms with Crippen LogP contribution in [0.5, 0.6) is 0 Å². The maximum atomic E-state index is 13.4. The number of carbonyl (C=O) groups excluding carboxylic acids is 1. The molecule has 27 heavy (non-hydrogen) atoms. The van der Waals surface area contributed by atoms with E-state index in [9.17, 15) is 13.2 Å². The van der Waals surface area contributed by atoms with Gasteiger partial charge in [-0.25, -0.2) is 12.7 Å². The molecule has 0 aromatic carbocycles. The zero-order valence-electron chi connectivity index (χ0n) is 17.9. The average Bonchev–Trinajstić information content (AvgIpc) is 2.76. The summed E-state index contributed by atoms with van der Waals surface area (Å²) < 4.78 is 28.3. The van der Waals surface area contributed by atoms with Crippen molar-refractivity contribution in [3.8, 4) is 0 Å². The molecule has 2 unspecified atom stereocenters. The number of carbonyl (C=O) groups is 1. The van der Waals surface area contributed by atoms with E-state index in [4.69, 9.17) is 0 Å². The van der Waals surface area contributed by atoms with Gasteiger partial charge in [0.05, 0.1) is 5.75 Å². The molecule has 0 aromatic rings. The summed E-state index contributed by atoms with van der Waals surface area (Å²) in [6.07, 6.45) is 3.81. The van der Waals surface area contributed by atoms with Gasteiger partial charge in [0.25, 0.3) is 0 Å². The molecule has 2 saturated carbocycles. The average molecular weight is 421 g/mol. The Morgan fingerprint density at radius 3 is 2.00 bits per heavy atom. The minimum absolute atomic E-state index is 0. The SMILES string of the molecule is CN(C1CC(C)(C)NC(C)(C)C1)S(=O)(=O)CC12CCC(CC1=O)C2(C)C.Cl. The second-order valence-electron chi connectivity index (χ2n) is 10.9. The Bertz CT molecular complexity index is 701. The summed E-state index contributed by atoms with van der Waals surface area (Å²) >= 11 is 0. The smallest absolute Gasteiger partial charge is 0.215 e. The third kappa shape index (κ3) is 3.72. The van der Waals surface area contributed by atoms with Crippen LogP contribution in [0, 0.1) is 16.7 Å². The van der Waals surface area contributed by atoms with Gasteiger partial charge >= 0.3 is 0 Å². The molecule has 3 fully saturated rings. The Morgan fingerprint density at radius 2 is 1.59 bits per heavy atom. The molecule has 3 aliphatic rings. The number of fused-ring (bicyclic) bond motifs is 2. The molecule has 5 nitrogen and oxygen atoms in total. The molecule has 0 spiro atoms. The van der Waals surface area contributed by atoms with Gasteiger partial charge in [-0.3, -0.25) is 4.79 Å². The lowest BCUT2D eigenvalue weighted by Crippen LogP contribution is -2.62. The van der Waals surface area contributed by atoms with Crippen LogP contribution >= 0.6 is 12.4 Å². The van der Waals surface area contributed by atoms with E-state index in [0.29, 0.717) is 12.3 Å². The highest BCUT2D eigenvalue weighted by molar-refractivity contribution is 7.89. The van der Waals surface area contributed by atoms with Crippen molar-refractivity contribution in [2.75, 3.05) is 12.8 Å². The first-order valence-corrected chi connectivity index (χ1v) is 11.5. The number of nitrogens with zero attached hydrogens (tertiary/aromatic N) is 1. The quantitative estimate of drug-likeness (QED) is 0.757. The summed E-state index contributed by atoms with van der Waals surface area (Å²) in [5.74, 6) is 0.484. The third-order valence-corrected chi connectivity index (χ3v) is 9.72. The van der Waals surface area contributed by atoms with E-state index >= 15 is 0 Å². The highest BCUT2D eigenvalue weighted by atomic mass is 35.5. The molecule has 2 bridgehead atoms. The summed E-state index contributed by atoms with van der Waals surface area (Å²) in [5.41, 5.74) is -1.14. The van der Waals surface area contributed by atoms with Gasteiger partial charge in [-0.15, -0.1) is 12.4 Å². The lowest BCUT2D eigenvalue weighted by molar-refractivity contribution is -0.128. The van der Waals surface area contributed by atoms with Gasteiger partial charge in [0.1, 0.15) is 5.78 Å². The molecule has 0 aromatic heterocycles. The number of nitrogens with one attached hydrogen (secondary N) is 1. The minimum Gasteiger partial charge on any atom is -0.307 e. The Labute approximate surface area is 171 Å². The van der Waals surface area contributed by atoms with E-state index in [2.05, 4.69) is 46.9 Å². The van der Waals surface area contributed by atoms with Crippen molar-refractivity contribution in [1.82, 2.24) is 9.62 Å². The highest BCUT2D eigenvalue weighted by Crippen LogP contribution is 2.64. The van der Waals surface area contributed by atoms with E-state index in [1.165, 1.54) is 0 Å². The topological polar surface area (TPSA) is 66.5 Å². The Hall–Kier alpha value is -0.170. The van der Waals surface area contributed by atoms with E-state index in [1.807, 2.05) is 0 Å². The fourth-order valence-corrected chi connectivity index (χ4v) is 8.38. The lowest BCUT2D eigenvalue weighted by atomic mass is 9.70. The number of halogens is 1. The van der Waals surface area contributed by atoms with Crippen LogP contribution < -0.4 is 5.32 Å². The van der Waals surface area contributed by atoms with E-state index in [1.54, 1.807) is 11.4 Å². The number of Topliss-reactive ketones (excluding diaryl/α,β-unsaturated/α-hetero) is 1. The van der Waals surface area contributed by atoms with Crippen LogP contribution in [0.15, 0.2) is 0 Å². The van der Waals surface area contributed by atoms with Gasteiger partial charge in [-0.2, -0.15) is 0 Å². The molecule has 1 aliphatic heterocycles. The molecule has 1 saturated heterocycles. The monoisotopic (exact) mass is 420 g/mol. The number of ketones is 1. The molecule has 2 aliphatic carbocycles. The largest absolute Gasteiger partial charge is 0.307 e. The van der Waals surface area contributed by atoms with E-state index < -0.39 is 15.4 Å². The summed E-state index contributed by atoms with van der Waals surface area (Å²) in [4.78, 5) is 12.8. The van der Waals surface area contributed by atoms with Gasteiger partial charge in [0.15, 0.2) is 0 Å². The standard InChI is InChI=1S/C20H36N2O3S.ClH/c1-17(2)11-15(12-18(3,4)21-17)22(7)26(24,25)13-20-9-8-14(10-16(20)23)19(20,5)6;/h14-15,21H,8-13H2,1-7H3;1H.